The van der Waals surface area contributed by atoms with Gasteiger partial charge in [-0.25, -0.2) is 5.84 Å². The minimum Gasteiger partial charge on any atom is -0.378 e. The predicted molar refractivity (Wildman–Crippen MR) is 81.2 cm³/mol. The van der Waals surface area contributed by atoms with Gasteiger partial charge in [-0.05, 0) is 12.8 Å². The van der Waals surface area contributed by atoms with E-state index in [0.29, 0.717) is 37.1 Å². The summed E-state index contributed by atoms with van der Waals surface area (Å²) in [5.74, 6) is 7.13. The molecule has 4 N–H and O–H groups in total. The van der Waals surface area contributed by atoms with E-state index in [1.807, 2.05) is 0 Å². The Balaban J connectivity index is 1.75. The van der Waals surface area contributed by atoms with Crippen molar-refractivity contribution in [2.45, 2.75) is 38.1 Å². The molecule has 21 heavy (non-hydrogen) atoms. The van der Waals surface area contributed by atoms with Crippen LogP contribution in [0.5, 0.6) is 0 Å². The number of hydrogen-bond acceptors (Lipinski definition) is 8. The molecule has 8 nitrogen and oxygen atoms in total. The highest BCUT2D eigenvalue weighted by Crippen LogP contribution is 2.21. The van der Waals surface area contributed by atoms with Crippen molar-refractivity contribution >= 4 is 17.8 Å². The number of nitrogen functional groups attached to an aromatic ring is 1. The molecular weight excluding hydrogens is 270 g/mol. The van der Waals surface area contributed by atoms with Crippen molar-refractivity contribution in [3.8, 4) is 0 Å². The minimum atomic E-state index is 0.393. The fraction of sp³-hybridized carbons (Fsp3) is 0.769. The number of nitrogens with two attached hydrogens (primary N) is 1. The van der Waals surface area contributed by atoms with Gasteiger partial charge in [0.1, 0.15) is 0 Å². The van der Waals surface area contributed by atoms with Crippen LogP contribution in [0.2, 0.25) is 0 Å². The van der Waals surface area contributed by atoms with Crippen LogP contribution in [0, 0.1) is 0 Å². The Bertz CT molecular complexity index is 458. The van der Waals surface area contributed by atoms with Gasteiger partial charge in [-0.1, -0.05) is 19.3 Å². The van der Waals surface area contributed by atoms with Crippen LogP contribution in [-0.2, 0) is 4.74 Å². The van der Waals surface area contributed by atoms with E-state index in [0.717, 1.165) is 13.1 Å². The van der Waals surface area contributed by atoms with Crippen molar-refractivity contribution in [2.75, 3.05) is 41.9 Å². The maximum absolute atomic E-state index is 5.48. The molecule has 1 aliphatic carbocycles. The summed E-state index contributed by atoms with van der Waals surface area (Å²) >= 11 is 0. The maximum atomic E-state index is 5.48. The third-order valence-corrected chi connectivity index (χ3v) is 3.99. The Morgan fingerprint density at radius 2 is 1.71 bits per heavy atom. The fourth-order valence-corrected chi connectivity index (χ4v) is 2.83. The van der Waals surface area contributed by atoms with E-state index in [1.165, 1.54) is 32.1 Å². The molecule has 1 aromatic heterocycles. The highest BCUT2D eigenvalue weighted by atomic mass is 16.5. The Morgan fingerprint density at radius 1 is 1.00 bits per heavy atom. The van der Waals surface area contributed by atoms with Crippen molar-refractivity contribution in [1.29, 1.82) is 0 Å². The first kappa shape index (κ1) is 14.3. The molecular formula is C13H23N7O. The molecule has 2 aliphatic rings. The minimum absolute atomic E-state index is 0.393. The van der Waals surface area contributed by atoms with E-state index in [4.69, 9.17) is 10.6 Å². The van der Waals surface area contributed by atoms with Crippen LogP contribution in [0.4, 0.5) is 17.8 Å². The van der Waals surface area contributed by atoms with Crippen molar-refractivity contribution in [2.24, 2.45) is 5.84 Å². The molecule has 1 aliphatic heterocycles. The lowest BCUT2D eigenvalue weighted by atomic mass is 9.96. The standard InChI is InChI=1S/C13H23N7O/c14-19-12-16-11(15-10-4-2-1-3-5-10)17-13(18-12)20-6-8-21-9-7-20/h10H,1-9,14H2,(H2,15,16,17,18,19). The molecule has 116 valence electrons. The molecule has 0 atom stereocenters. The number of morpholine rings is 1. The quantitative estimate of drug-likeness (QED) is 0.552. The summed E-state index contributed by atoms with van der Waals surface area (Å²) in [6.07, 6.45) is 6.19. The van der Waals surface area contributed by atoms with E-state index < -0.39 is 0 Å². The second kappa shape index (κ2) is 6.86. The van der Waals surface area contributed by atoms with Crippen LogP contribution in [0.3, 0.4) is 0 Å². The summed E-state index contributed by atoms with van der Waals surface area (Å²) in [5.41, 5.74) is 2.52. The summed E-state index contributed by atoms with van der Waals surface area (Å²) in [4.78, 5) is 15.3. The van der Waals surface area contributed by atoms with Crippen molar-refractivity contribution in [3.63, 3.8) is 0 Å². The Kier molecular flexibility index (Phi) is 4.66. The van der Waals surface area contributed by atoms with Crippen LogP contribution in [0.15, 0.2) is 0 Å². The van der Waals surface area contributed by atoms with E-state index in [2.05, 4.69) is 30.6 Å². The summed E-state index contributed by atoms with van der Waals surface area (Å²) in [6.45, 7) is 2.97. The lowest BCUT2D eigenvalue weighted by molar-refractivity contribution is 0.122. The van der Waals surface area contributed by atoms with E-state index in [1.54, 1.807) is 0 Å². The average molecular weight is 293 g/mol. The molecule has 0 radical (unpaired) electrons. The highest BCUT2D eigenvalue weighted by Gasteiger charge is 2.19. The van der Waals surface area contributed by atoms with Crippen LogP contribution in [0.25, 0.3) is 0 Å². The number of nitrogens with zero attached hydrogens (tertiary/aromatic N) is 4. The normalized spacial score (nSPS) is 20.3. The fourth-order valence-electron chi connectivity index (χ4n) is 2.83. The van der Waals surface area contributed by atoms with Crippen LogP contribution in [-0.4, -0.2) is 47.3 Å². The number of anilines is 3. The van der Waals surface area contributed by atoms with Crippen molar-refractivity contribution in [1.82, 2.24) is 15.0 Å². The largest absolute Gasteiger partial charge is 0.378 e. The number of hydrogen-bond donors (Lipinski definition) is 3. The van der Waals surface area contributed by atoms with Crippen molar-refractivity contribution in [3.05, 3.63) is 0 Å². The Hall–Kier alpha value is -1.67. The molecule has 3 rings (SSSR count). The average Bonchev–Trinajstić information content (AvgIpc) is 2.56. The van der Waals surface area contributed by atoms with Crippen LogP contribution >= 0.6 is 0 Å². The molecule has 1 saturated heterocycles. The monoisotopic (exact) mass is 293 g/mol. The molecule has 0 unspecified atom stereocenters. The number of nitrogens with one attached hydrogen (secondary N) is 2. The number of hydrazine groups is 1. The number of rotatable bonds is 4. The van der Waals surface area contributed by atoms with Crippen molar-refractivity contribution < 1.29 is 4.74 Å². The first-order valence-electron chi connectivity index (χ1n) is 7.67. The van der Waals surface area contributed by atoms with Gasteiger partial charge in [0.25, 0.3) is 0 Å². The van der Waals surface area contributed by atoms with Gasteiger partial charge >= 0.3 is 0 Å². The first-order chi connectivity index (χ1) is 10.3. The first-order valence-corrected chi connectivity index (χ1v) is 7.67. The van der Waals surface area contributed by atoms with Gasteiger partial charge in [-0.3, -0.25) is 5.43 Å². The summed E-state index contributed by atoms with van der Waals surface area (Å²) in [6, 6.07) is 0.448. The van der Waals surface area contributed by atoms with Gasteiger partial charge in [0, 0.05) is 19.1 Å². The van der Waals surface area contributed by atoms with E-state index >= 15 is 0 Å². The molecule has 1 aromatic rings. The second-order valence-corrected chi connectivity index (χ2v) is 5.51. The lowest BCUT2D eigenvalue weighted by Gasteiger charge is -2.28. The van der Waals surface area contributed by atoms with Gasteiger partial charge < -0.3 is 15.0 Å². The van der Waals surface area contributed by atoms with Crippen LogP contribution in [0.1, 0.15) is 32.1 Å². The molecule has 0 bridgehead atoms. The molecule has 2 fully saturated rings. The Morgan fingerprint density at radius 3 is 2.43 bits per heavy atom. The highest BCUT2D eigenvalue weighted by molar-refractivity contribution is 5.44. The topological polar surface area (TPSA) is 101 Å². The zero-order chi connectivity index (χ0) is 14.5. The molecule has 8 heteroatoms. The molecule has 1 saturated carbocycles. The van der Waals surface area contributed by atoms with Gasteiger partial charge in [0.15, 0.2) is 0 Å². The molecule has 0 aromatic carbocycles. The zero-order valence-corrected chi connectivity index (χ0v) is 12.2. The van der Waals surface area contributed by atoms with Crippen LogP contribution < -0.4 is 21.5 Å². The number of aromatic nitrogens is 3. The summed E-state index contributed by atoms with van der Waals surface area (Å²) in [7, 11) is 0. The second-order valence-electron chi connectivity index (χ2n) is 5.51. The number of ether oxygens (including phenoxy) is 1. The lowest BCUT2D eigenvalue weighted by Crippen LogP contribution is -2.38. The van der Waals surface area contributed by atoms with E-state index in [9.17, 15) is 0 Å². The van der Waals surface area contributed by atoms with Gasteiger partial charge in [-0.2, -0.15) is 15.0 Å². The van der Waals surface area contributed by atoms with Gasteiger partial charge in [0.2, 0.25) is 17.8 Å². The zero-order valence-electron chi connectivity index (χ0n) is 12.2. The van der Waals surface area contributed by atoms with Gasteiger partial charge in [0.05, 0.1) is 13.2 Å². The SMILES string of the molecule is NNc1nc(NC2CCCCC2)nc(N2CCOCC2)n1. The Labute approximate surface area is 124 Å². The summed E-state index contributed by atoms with van der Waals surface area (Å²) in [5, 5.41) is 3.42. The summed E-state index contributed by atoms with van der Waals surface area (Å²) < 4.78 is 5.36. The third-order valence-electron chi connectivity index (χ3n) is 3.99. The smallest absolute Gasteiger partial charge is 0.243 e. The maximum Gasteiger partial charge on any atom is 0.243 e. The molecule has 2 heterocycles. The van der Waals surface area contributed by atoms with E-state index in [-0.39, 0.29) is 0 Å². The molecule has 0 amide bonds. The predicted octanol–water partition coefficient (Wildman–Crippen LogP) is 0.738. The third kappa shape index (κ3) is 3.70. The van der Waals surface area contributed by atoms with Gasteiger partial charge in [-0.15, -0.1) is 0 Å². The molecule has 0 spiro atoms.